The molecule has 148 valence electrons. The first-order chi connectivity index (χ1) is 13.8. The normalized spacial score (nSPS) is 10.6. The molecule has 0 fully saturated rings. The molecule has 1 N–H and O–H groups in total. The zero-order chi connectivity index (χ0) is 21.0. The average Bonchev–Trinajstić information content (AvgIpc) is 2.64. The van der Waals surface area contributed by atoms with E-state index >= 15 is 0 Å². The minimum Gasteiger partial charge on any atom is -0.322 e. The van der Waals surface area contributed by atoms with Crippen molar-refractivity contribution in [2.45, 2.75) is 19.8 Å². The first-order valence-electron chi connectivity index (χ1n) is 8.94. The summed E-state index contributed by atoms with van der Waals surface area (Å²) >= 11 is 0. The number of amides is 1. The molecule has 29 heavy (non-hydrogen) atoms. The third-order valence-corrected chi connectivity index (χ3v) is 4.35. The molecule has 1 amide bonds. The number of hydrogen-bond donors (Lipinski definition) is 1. The molecule has 0 saturated carbocycles. The predicted molar refractivity (Wildman–Crippen MR) is 104 cm³/mol. The Kier molecular flexibility index (Phi) is 6.12. The molecule has 0 spiro atoms. The number of aryl methyl sites for hydroxylation is 1. The number of benzene rings is 3. The smallest absolute Gasteiger partial charge is 0.258 e. The highest BCUT2D eigenvalue weighted by molar-refractivity contribution is 6.04. The lowest BCUT2D eigenvalue weighted by Crippen LogP contribution is -2.15. The summed E-state index contributed by atoms with van der Waals surface area (Å²) in [5.74, 6) is -3.35. The summed E-state index contributed by atoms with van der Waals surface area (Å²) in [7, 11) is 0. The Bertz CT molecular complexity index is 1080. The van der Waals surface area contributed by atoms with Gasteiger partial charge in [-0.25, -0.2) is 13.2 Å². The highest BCUT2D eigenvalue weighted by Gasteiger charge is 2.15. The Labute approximate surface area is 166 Å². The summed E-state index contributed by atoms with van der Waals surface area (Å²) in [5.41, 5.74) is 1.86. The summed E-state index contributed by atoms with van der Waals surface area (Å²) < 4.78 is 40.9. The van der Waals surface area contributed by atoms with Crippen LogP contribution in [-0.4, -0.2) is 11.7 Å². The van der Waals surface area contributed by atoms with Crippen LogP contribution in [0.3, 0.4) is 0 Å². The topological polar surface area (TPSA) is 46.2 Å². The summed E-state index contributed by atoms with van der Waals surface area (Å²) in [6.07, 6.45) is 0.0207. The first kappa shape index (κ1) is 20.3. The zero-order valence-corrected chi connectivity index (χ0v) is 15.6. The second-order valence-electron chi connectivity index (χ2n) is 6.77. The Balaban J connectivity index is 1.72. The molecule has 3 rings (SSSR count). The molecule has 0 aliphatic rings. The van der Waals surface area contributed by atoms with Crippen molar-refractivity contribution in [2.75, 3.05) is 5.32 Å². The zero-order valence-electron chi connectivity index (χ0n) is 15.6. The molecule has 3 nitrogen and oxygen atoms in total. The minimum absolute atomic E-state index is 0.125. The van der Waals surface area contributed by atoms with Crippen molar-refractivity contribution in [1.82, 2.24) is 0 Å². The van der Waals surface area contributed by atoms with E-state index in [1.807, 2.05) is 31.2 Å². The van der Waals surface area contributed by atoms with Crippen molar-refractivity contribution < 1.29 is 22.8 Å². The van der Waals surface area contributed by atoms with E-state index in [0.717, 1.165) is 29.3 Å². The first-order valence-corrected chi connectivity index (χ1v) is 8.94. The van der Waals surface area contributed by atoms with Gasteiger partial charge in [-0.1, -0.05) is 29.8 Å². The van der Waals surface area contributed by atoms with Gasteiger partial charge in [0.25, 0.3) is 5.91 Å². The number of carbonyl (C=O) groups is 2. The van der Waals surface area contributed by atoms with E-state index in [4.69, 9.17) is 0 Å². The highest BCUT2D eigenvalue weighted by atomic mass is 19.1. The number of nitrogens with one attached hydrogen (secondary N) is 1. The molecule has 0 bridgehead atoms. The van der Waals surface area contributed by atoms with E-state index in [-0.39, 0.29) is 35.4 Å². The Morgan fingerprint density at radius 3 is 2.38 bits per heavy atom. The standard InChI is InChI=1S/C23H18F3NO2/c1-14-3-2-4-15(9-14)10-19(28)12-16-11-18(6-8-21(16)25)27-23(29)20-7-5-17(24)13-22(20)26/h2-9,11,13H,10,12H2,1H3,(H,27,29). The van der Waals surface area contributed by atoms with E-state index in [9.17, 15) is 22.8 Å². The molecule has 0 heterocycles. The van der Waals surface area contributed by atoms with Gasteiger partial charge in [-0.2, -0.15) is 0 Å². The van der Waals surface area contributed by atoms with Crippen LogP contribution in [0.25, 0.3) is 0 Å². The van der Waals surface area contributed by atoms with Crippen LogP contribution >= 0.6 is 0 Å². The second-order valence-corrected chi connectivity index (χ2v) is 6.77. The van der Waals surface area contributed by atoms with Gasteiger partial charge in [-0.05, 0) is 48.4 Å². The number of Topliss-reactive ketones (excluding diaryl/α,β-unsaturated/α-hetero) is 1. The highest BCUT2D eigenvalue weighted by Crippen LogP contribution is 2.19. The average molecular weight is 397 g/mol. The summed E-state index contributed by atoms with van der Waals surface area (Å²) in [6.45, 7) is 1.92. The Morgan fingerprint density at radius 2 is 1.66 bits per heavy atom. The van der Waals surface area contributed by atoms with Gasteiger partial charge >= 0.3 is 0 Å². The van der Waals surface area contributed by atoms with Gasteiger partial charge in [0.15, 0.2) is 0 Å². The molecule has 0 aromatic heterocycles. The minimum atomic E-state index is -1.00. The van der Waals surface area contributed by atoms with Crippen molar-refractivity contribution in [3.63, 3.8) is 0 Å². The van der Waals surface area contributed by atoms with Crippen LogP contribution in [0.5, 0.6) is 0 Å². The summed E-state index contributed by atoms with van der Waals surface area (Å²) in [4.78, 5) is 24.5. The molecule has 6 heteroatoms. The molecule has 0 aliphatic carbocycles. The molecule has 0 unspecified atom stereocenters. The molecule has 0 atom stereocenters. The van der Waals surface area contributed by atoms with E-state index < -0.39 is 23.4 Å². The van der Waals surface area contributed by atoms with Gasteiger partial charge in [0.05, 0.1) is 5.56 Å². The van der Waals surface area contributed by atoms with Crippen molar-refractivity contribution in [2.24, 2.45) is 0 Å². The maximum absolute atomic E-state index is 14.1. The van der Waals surface area contributed by atoms with Crippen molar-refractivity contribution >= 4 is 17.4 Å². The van der Waals surface area contributed by atoms with E-state index in [0.29, 0.717) is 6.07 Å². The maximum atomic E-state index is 14.1. The van der Waals surface area contributed by atoms with E-state index in [1.165, 1.54) is 12.1 Å². The monoisotopic (exact) mass is 397 g/mol. The third-order valence-electron chi connectivity index (χ3n) is 4.35. The lowest BCUT2D eigenvalue weighted by molar-refractivity contribution is -0.117. The summed E-state index contributed by atoms with van der Waals surface area (Å²) in [6, 6.07) is 13.9. The SMILES string of the molecule is Cc1cccc(CC(=O)Cc2cc(NC(=O)c3ccc(F)cc3F)ccc2F)c1. The van der Waals surface area contributed by atoms with Crippen molar-refractivity contribution in [3.8, 4) is 0 Å². The molecular weight excluding hydrogens is 379 g/mol. The molecule has 3 aromatic carbocycles. The molecule has 0 saturated heterocycles. The fourth-order valence-corrected chi connectivity index (χ4v) is 2.98. The van der Waals surface area contributed by atoms with E-state index in [1.54, 1.807) is 0 Å². The molecule has 3 aromatic rings. The maximum Gasteiger partial charge on any atom is 0.258 e. The van der Waals surface area contributed by atoms with Crippen LogP contribution in [0.2, 0.25) is 0 Å². The van der Waals surface area contributed by atoms with Crippen LogP contribution in [0, 0.1) is 24.4 Å². The number of hydrogen-bond acceptors (Lipinski definition) is 2. The van der Waals surface area contributed by atoms with Gasteiger partial charge in [0, 0.05) is 24.6 Å². The summed E-state index contributed by atoms with van der Waals surface area (Å²) in [5, 5.41) is 2.44. The second kappa shape index (κ2) is 8.73. The Hall–Kier alpha value is -3.41. The number of anilines is 1. The van der Waals surface area contributed by atoms with Gasteiger partial charge in [0.1, 0.15) is 23.2 Å². The molecule has 0 radical (unpaired) electrons. The van der Waals surface area contributed by atoms with Gasteiger partial charge in [-0.3, -0.25) is 9.59 Å². The van der Waals surface area contributed by atoms with Crippen LogP contribution in [0.15, 0.2) is 60.7 Å². The van der Waals surface area contributed by atoms with Crippen LogP contribution in [0.4, 0.5) is 18.9 Å². The lowest BCUT2D eigenvalue weighted by atomic mass is 10.0. The number of ketones is 1. The van der Waals surface area contributed by atoms with Gasteiger partial charge < -0.3 is 5.32 Å². The fraction of sp³-hybridized carbons (Fsp3) is 0.130. The van der Waals surface area contributed by atoms with Crippen LogP contribution in [0.1, 0.15) is 27.0 Å². The largest absolute Gasteiger partial charge is 0.322 e. The number of carbonyl (C=O) groups excluding carboxylic acids is 2. The number of halogens is 3. The van der Waals surface area contributed by atoms with Crippen molar-refractivity contribution in [1.29, 1.82) is 0 Å². The van der Waals surface area contributed by atoms with E-state index in [2.05, 4.69) is 5.32 Å². The quantitative estimate of drug-likeness (QED) is 0.635. The van der Waals surface area contributed by atoms with Crippen molar-refractivity contribution in [3.05, 3.63) is 100 Å². The molecular formula is C23H18F3NO2. The van der Waals surface area contributed by atoms with Gasteiger partial charge in [-0.15, -0.1) is 0 Å². The number of rotatable bonds is 6. The fourth-order valence-electron chi connectivity index (χ4n) is 2.98. The molecule has 0 aliphatic heterocycles. The van der Waals surface area contributed by atoms with Crippen LogP contribution in [-0.2, 0) is 17.6 Å². The lowest BCUT2D eigenvalue weighted by Gasteiger charge is -2.09. The van der Waals surface area contributed by atoms with Crippen LogP contribution < -0.4 is 5.32 Å². The Morgan fingerprint density at radius 1 is 0.862 bits per heavy atom. The third kappa shape index (κ3) is 5.31. The van der Waals surface area contributed by atoms with Gasteiger partial charge in [0.2, 0.25) is 0 Å². The predicted octanol–water partition coefficient (Wildman–Crippen LogP) is 5.02.